The standard InChI is InChI=1S/C15H16N2O5/c1-2-21-14(19)8-22-11-3-4-12(16)9(6-11)5-10-7-13(18)17-15(10)20/h3-6H,2,7-8,16H2,1H3,(H,17,18,20). The molecule has 1 heterocycles. The number of nitrogens with two attached hydrogens (primary N) is 1. The van der Waals surface area contributed by atoms with E-state index >= 15 is 0 Å². The van der Waals surface area contributed by atoms with Gasteiger partial charge in [0.2, 0.25) is 5.91 Å². The van der Waals surface area contributed by atoms with Crippen LogP contribution in [0.2, 0.25) is 0 Å². The molecule has 0 saturated carbocycles. The van der Waals surface area contributed by atoms with Crippen molar-refractivity contribution in [3.05, 3.63) is 29.3 Å². The molecule has 1 aromatic rings. The maximum absolute atomic E-state index is 11.5. The quantitative estimate of drug-likeness (QED) is 0.358. The zero-order valence-electron chi connectivity index (χ0n) is 12.0. The van der Waals surface area contributed by atoms with E-state index in [1.54, 1.807) is 25.1 Å². The molecule has 1 aliphatic heterocycles. The number of hydrogen-bond acceptors (Lipinski definition) is 6. The molecule has 1 aromatic carbocycles. The average molecular weight is 304 g/mol. The summed E-state index contributed by atoms with van der Waals surface area (Å²) >= 11 is 0. The Morgan fingerprint density at radius 1 is 1.41 bits per heavy atom. The van der Waals surface area contributed by atoms with Crippen LogP contribution in [-0.2, 0) is 19.1 Å². The van der Waals surface area contributed by atoms with E-state index < -0.39 is 11.9 Å². The van der Waals surface area contributed by atoms with Crippen LogP contribution < -0.4 is 15.8 Å². The summed E-state index contributed by atoms with van der Waals surface area (Å²) in [4.78, 5) is 34.0. The lowest BCUT2D eigenvalue weighted by Crippen LogP contribution is -2.19. The lowest BCUT2D eigenvalue weighted by atomic mass is 10.1. The van der Waals surface area contributed by atoms with Crippen LogP contribution in [0.25, 0.3) is 6.08 Å². The first-order valence-corrected chi connectivity index (χ1v) is 6.72. The molecule has 0 aliphatic carbocycles. The van der Waals surface area contributed by atoms with E-state index in [-0.39, 0.29) is 25.5 Å². The van der Waals surface area contributed by atoms with Gasteiger partial charge in [-0.05, 0) is 31.2 Å². The highest BCUT2D eigenvalue weighted by atomic mass is 16.6. The second-order valence-corrected chi connectivity index (χ2v) is 4.61. The van der Waals surface area contributed by atoms with E-state index in [0.717, 1.165) is 0 Å². The van der Waals surface area contributed by atoms with Gasteiger partial charge >= 0.3 is 5.97 Å². The second-order valence-electron chi connectivity index (χ2n) is 4.61. The molecule has 0 atom stereocenters. The minimum Gasteiger partial charge on any atom is -0.482 e. The van der Waals surface area contributed by atoms with Gasteiger partial charge in [0.1, 0.15) is 5.75 Å². The van der Waals surface area contributed by atoms with Gasteiger partial charge < -0.3 is 15.2 Å². The third-order valence-electron chi connectivity index (χ3n) is 2.95. The molecule has 1 saturated heterocycles. The van der Waals surface area contributed by atoms with Crippen LogP contribution in [0.1, 0.15) is 18.9 Å². The van der Waals surface area contributed by atoms with E-state index in [1.807, 2.05) is 0 Å². The van der Waals surface area contributed by atoms with Gasteiger partial charge in [-0.25, -0.2) is 4.79 Å². The number of nitrogen functional groups attached to an aromatic ring is 1. The summed E-state index contributed by atoms with van der Waals surface area (Å²) in [7, 11) is 0. The highest BCUT2D eigenvalue weighted by molar-refractivity contribution is 6.15. The van der Waals surface area contributed by atoms with Gasteiger partial charge in [0, 0.05) is 16.8 Å². The maximum Gasteiger partial charge on any atom is 0.344 e. The van der Waals surface area contributed by atoms with Crippen molar-refractivity contribution in [2.24, 2.45) is 0 Å². The van der Waals surface area contributed by atoms with Crippen LogP contribution in [0.5, 0.6) is 5.75 Å². The van der Waals surface area contributed by atoms with Gasteiger partial charge in [-0.15, -0.1) is 0 Å². The van der Waals surface area contributed by atoms with Crippen LogP contribution in [0.15, 0.2) is 23.8 Å². The van der Waals surface area contributed by atoms with E-state index in [2.05, 4.69) is 5.32 Å². The van der Waals surface area contributed by atoms with Crippen LogP contribution in [0.4, 0.5) is 5.69 Å². The Bertz CT molecular complexity index is 651. The molecule has 3 N–H and O–H groups in total. The molecule has 2 rings (SSSR count). The van der Waals surface area contributed by atoms with Gasteiger partial charge in [0.15, 0.2) is 6.61 Å². The molecule has 0 aromatic heterocycles. The Labute approximate surface area is 127 Å². The highest BCUT2D eigenvalue weighted by Crippen LogP contribution is 2.24. The lowest BCUT2D eigenvalue weighted by molar-refractivity contribution is -0.145. The van der Waals surface area contributed by atoms with Crippen LogP contribution in [0, 0.1) is 0 Å². The van der Waals surface area contributed by atoms with Gasteiger partial charge in [-0.2, -0.15) is 0 Å². The van der Waals surface area contributed by atoms with Crippen LogP contribution in [-0.4, -0.2) is 31.0 Å². The first-order chi connectivity index (χ1) is 10.5. The van der Waals surface area contributed by atoms with E-state index in [9.17, 15) is 14.4 Å². The van der Waals surface area contributed by atoms with Gasteiger partial charge in [-0.3, -0.25) is 14.9 Å². The summed E-state index contributed by atoms with van der Waals surface area (Å²) in [5.41, 5.74) is 7.15. The van der Waals surface area contributed by atoms with E-state index in [4.69, 9.17) is 15.2 Å². The lowest BCUT2D eigenvalue weighted by Gasteiger charge is -2.08. The van der Waals surface area contributed by atoms with Gasteiger partial charge in [0.05, 0.1) is 13.0 Å². The molecule has 7 nitrogen and oxygen atoms in total. The summed E-state index contributed by atoms with van der Waals surface area (Å²) in [6.45, 7) is 1.77. The van der Waals surface area contributed by atoms with Crippen molar-refractivity contribution < 1.29 is 23.9 Å². The van der Waals surface area contributed by atoms with E-state index in [0.29, 0.717) is 22.6 Å². The minimum atomic E-state index is -0.472. The van der Waals surface area contributed by atoms with Crippen LogP contribution in [0.3, 0.4) is 0 Å². The second kappa shape index (κ2) is 6.75. The minimum absolute atomic E-state index is 0.0200. The Kier molecular flexibility index (Phi) is 4.77. The number of nitrogens with one attached hydrogen (secondary N) is 1. The molecule has 7 heteroatoms. The topological polar surface area (TPSA) is 108 Å². The third kappa shape index (κ3) is 3.85. The Balaban J connectivity index is 2.13. The van der Waals surface area contributed by atoms with Gasteiger partial charge in [-0.1, -0.05) is 0 Å². The van der Waals surface area contributed by atoms with Gasteiger partial charge in [0.25, 0.3) is 5.91 Å². The Morgan fingerprint density at radius 3 is 2.82 bits per heavy atom. The van der Waals surface area contributed by atoms with Crippen molar-refractivity contribution in [3.8, 4) is 5.75 Å². The number of carbonyl (C=O) groups excluding carboxylic acids is 3. The van der Waals surface area contributed by atoms with E-state index in [1.165, 1.54) is 6.08 Å². The molecule has 1 fully saturated rings. The highest BCUT2D eigenvalue weighted by Gasteiger charge is 2.23. The van der Waals surface area contributed by atoms with Crippen molar-refractivity contribution in [1.29, 1.82) is 0 Å². The molecule has 0 spiro atoms. The van der Waals surface area contributed by atoms with Crippen molar-refractivity contribution >= 4 is 29.5 Å². The Morgan fingerprint density at radius 2 is 2.18 bits per heavy atom. The first-order valence-electron chi connectivity index (χ1n) is 6.72. The summed E-state index contributed by atoms with van der Waals surface area (Å²) in [6.07, 6.45) is 1.55. The van der Waals surface area contributed by atoms with Crippen LogP contribution >= 0.6 is 0 Å². The molecule has 1 aliphatic rings. The molecule has 0 radical (unpaired) electrons. The Hall–Kier alpha value is -2.83. The molecule has 0 bridgehead atoms. The number of esters is 1. The van der Waals surface area contributed by atoms with Crippen molar-refractivity contribution in [3.63, 3.8) is 0 Å². The molecule has 0 unspecified atom stereocenters. The van der Waals surface area contributed by atoms with Crippen molar-refractivity contribution in [1.82, 2.24) is 5.32 Å². The largest absolute Gasteiger partial charge is 0.482 e. The molecular weight excluding hydrogens is 288 g/mol. The smallest absolute Gasteiger partial charge is 0.344 e. The number of ether oxygens (including phenoxy) is 2. The summed E-state index contributed by atoms with van der Waals surface area (Å²) in [6, 6.07) is 4.80. The molecule has 116 valence electrons. The monoisotopic (exact) mass is 304 g/mol. The number of rotatable bonds is 5. The number of benzene rings is 1. The zero-order valence-corrected chi connectivity index (χ0v) is 12.0. The number of hydrogen-bond donors (Lipinski definition) is 2. The fourth-order valence-corrected chi connectivity index (χ4v) is 1.92. The predicted molar refractivity (Wildman–Crippen MR) is 78.7 cm³/mol. The summed E-state index contributed by atoms with van der Waals surface area (Å²) in [5, 5.41) is 2.20. The number of anilines is 1. The van der Waals surface area contributed by atoms with Crippen molar-refractivity contribution in [2.45, 2.75) is 13.3 Å². The normalized spacial score (nSPS) is 15.8. The maximum atomic E-state index is 11.5. The van der Waals surface area contributed by atoms with Crippen molar-refractivity contribution in [2.75, 3.05) is 18.9 Å². The fraction of sp³-hybridized carbons (Fsp3) is 0.267. The third-order valence-corrected chi connectivity index (χ3v) is 2.95. The SMILES string of the molecule is CCOC(=O)COc1ccc(N)c(C=C2CC(=O)NC2=O)c1. The summed E-state index contributed by atoms with van der Waals surface area (Å²) in [5.74, 6) is -0.828. The fourth-order valence-electron chi connectivity index (χ4n) is 1.92. The predicted octanol–water partition coefficient (Wildman–Crippen LogP) is 0.641. The zero-order chi connectivity index (χ0) is 16.1. The average Bonchev–Trinajstić information content (AvgIpc) is 2.78. The molecular formula is C15H16N2O5. The summed E-state index contributed by atoms with van der Waals surface area (Å²) < 4.78 is 10.1. The number of carbonyl (C=O) groups is 3. The number of imide groups is 1. The molecule has 22 heavy (non-hydrogen) atoms. The molecule has 2 amide bonds. The first kappa shape index (κ1) is 15.6. The number of amides is 2.